The van der Waals surface area contributed by atoms with E-state index in [4.69, 9.17) is 4.74 Å². The van der Waals surface area contributed by atoms with Gasteiger partial charge < -0.3 is 4.74 Å². The number of carbonyl (C=O) groups excluding carboxylic acids is 1. The molecule has 2 nitrogen and oxygen atoms in total. The van der Waals surface area contributed by atoms with Crippen LogP contribution >= 0.6 is 0 Å². The van der Waals surface area contributed by atoms with E-state index in [2.05, 4.69) is 58.9 Å². The van der Waals surface area contributed by atoms with Gasteiger partial charge in [-0.2, -0.15) is 0 Å². The number of benzene rings is 2. The Morgan fingerprint density at radius 1 is 1.04 bits per heavy atom. The van der Waals surface area contributed by atoms with E-state index in [1.807, 2.05) is 25.1 Å². The highest BCUT2D eigenvalue weighted by Crippen LogP contribution is 2.47. The molecule has 28 heavy (non-hydrogen) atoms. The summed E-state index contributed by atoms with van der Waals surface area (Å²) in [5, 5.41) is 0. The maximum absolute atomic E-state index is 11.6. The van der Waals surface area contributed by atoms with Crippen molar-refractivity contribution in [1.82, 2.24) is 0 Å². The van der Waals surface area contributed by atoms with Gasteiger partial charge in [0.2, 0.25) is 0 Å². The predicted molar refractivity (Wildman–Crippen MR) is 118 cm³/mol. The molecule has 0 heterocycles. The van der Waals surface area contributed by atoms with E-state index in [1.165, 1.54) is 46.7 Å². The summed E-state index contributed by atoms with van der Waals surface area (Å²) in [6.07, 6.45) is 5.74. The van der Waals surface area contributed by atoms with Crippen LogP contribution in [0.15, 0.2) is 42.5 Å². The van der Waals surface area contributed by atoms with Gasteiger partial charge in [0.1, 0.15) is 0 Å². The van der Waals surface area contributed by atoms with Crippen LogP contribution < -0.4 is 0 Å². The second-order valence-electron chi connectivity index (χ2n) is 9.19. The van der Waals surface area contributed by atoms with Crippen LogP contribution in [0.4, 0.5) is 0 Å². The molecule has 1 aliphatic rings. The molecule has 1 aliphatic carbocycles. The Balaban J connectivity index is 2.03. The fraction of sp³-hybridized carbons (Fsp3) is 0.423. The largest absolute Gasteiger partial charge is 0.463 e. The summed E-state index contributed by atoms with van der Waals surface area (Å²) in [5.74, 6) is -0.304. The molecule has 0 spiro atoms. The lowest BCUT2D eigenvalue weighted by Gasteiger charge is -2.42. The van der Waals surface area contributed by atoms with Crippen LogP contribution in [-0.4, -0.2) is 12.6 Å². The first-order chi connectivity index (χ1) is 13.1. The average molecular weight is 377 g/mol. The summed E-state index contributed by atoms with van der Waals surface area (Å²) < 4.78 is 4.98. The molecular weight excluding hydrogens is 344 g/mol. The molecule has 2 aromatic rings. The van der Waals surface area contributed by atoms with Gasteiger partial charge in [0.05, 0.1) is 6.61 Å². The van der Waals surface area contributed by atoms with Gasteiger partial charge in [-0.25, -0.2) is 4.79 Å². The highest BCUT2D eigenvalue weighted by atomic mass is 16.5. The van der Waals surface area contributed by atoms with Crippen molar-refractivity contribution in [2.75, 3.05) is 6.61 Å². The number of carbonyl (C=O) groups is 1. The summed E-state index contributed by atoms with van der Waals surface area (Å²) in [7, 11) is 0. The Labute approximate surface area is 169 Å². The minimum Gasteiger partial charge on any atom is -0.463 e. The maximum atomic E-state index is 11.6. The molecule has 0 saturated carbocycles. The van der Waals surface area contributed by atoms with Gasteiger partial charge in [-0.05, 0) is 83.0 Å². The highest BCUT2D eigenvalue weighted by Gasteiger charge is 2.37. The Morgan fingerprint density at radius 3 is 2.32 bits per heavy atom. The molecule has 148 valence electrons. The standard InChI is InChI=1S/C26H32O2/c1-7-28-24(27)12-11-19-9-8-10-20(16-19)21-17-23-22(15-18(21)2)25(3,4)13-14-26(23,5)6/h8-12,15-17H,7,13-14H2,1-6H3/b12-11+. The van der Waals surface area contributed by atoms with Gasteiger partial charge >= 0.3 is 5.97 Å². The highest BCUT2D eigenvalue weighted by molar-refractivity contribution is 5.87. The molecule has 0 radical (unpaired) electrons. The summed E-state index contributed by atoms with van der Waals surface area (Å²) in [6, 6.07) is 13.2. The normalized spacial score (nSPS) is 17.4. The summed E-state index contributed by atoms with van der Waals surface area (Å²) in [4.78, 5) is 11.6. The molecule has 0 fully saturated rings. The molecule has 0 N–H and O–H groups in total. The van der Waals surface area contributed by atoms with Crippen molar-refractivity contribution in [2.24, 2.45) is 0 Å². The predicted octanol–water partition coefficient (Wildman–Crippen LogP) is 6.59. The van der Waals surface area contributed by atoms with Crippen molar-refractivity contribution in [3.8, 4) is 11.1 Å². The topological polar surface area (TPSA) is 26.3 Å². The van der Waals surface area contributed by atoms with Crippen molar-refractivity contribution in [3.63, 3.8) is 0 Å². The van der Waals surface area contributed by atoms with E-state index in [1.54, 1.807) is 0 Å². The van der Waals surface area contributed by atoms with Gasteiger partial charge in [0.25, 0.3) is 0 Å². The summed E-state index contributed by atoms with van der Waals surface area (Å²) in [6.45, 7) is 13.9. The first kappa shape index (κ1) is 20.4. The summed E-state index contributed by atoms with van der Waals surface area (Å²) in [5.41, 5.74) is 8.13. The van der Waals surface area contributed by atoms with Crippen LogP contribution in [0, 0.1) is 6.92 Å². The number of fused-ring (bicyclic) bond motifs is 1. The van der Waals surface area contributed by atoms with Gasteiger partial charge in [-0.15, -0.1) is 0 Å². The third-order valence-corrected chi connectivity index (χ3v) is 6.09. The van der Waals surface area contributed by atoms with Gasteiger partial charge in [-0.3, -0.25) is 0 Å². The molecule has 3 rings (SSSR count). The zero-order valence-corrected chi connectivity index (χ0v) is 18.1. The number of esters is 1. The van der Waals surface area contributed by atoms with Crippen molar-refractivity contribution >= 4 is 12.0 Å². The van der Waals surface area contributed by atoms with E-state index in [9.17, 15) is 4.79 Å². The lowest BCUT2D eigenvalue weighted by Crippen LogP contribution is -2.34. The third-order valence-electron chi connectivity index (χ3n) is 6.09. The monoisotopic (exact) mass is 376 g/mol. The number of hydrogen-bond donors (Lipinski definition) is 0. The van der Waals surface area contributed by atoms with E-state index in [0.717, 1.165) is 5.56 Å². The fourth-order valence-electron chi connectivity index (χ4n) is 4.20. The van der Waals surface area contributed by atoms with Crippen molar-refractivity contribution in [3.05, 3.63) is 64.7 Å². The minimum atomic E-state index is -0.304. The first-order valence-corrected chi connectivity index (χ1v) is 10.2. The van der Waals surface area contributed by atoms with Crippen molar-refractivity contribution in [1.29, 1.82) is 0 Å². The second-order valence-corrected chi connectivity index (χ2v) is 9.19. The van der Waals surface area contributed by atoms with Crippen molar-refractivity contribution in [2.45, 2.75) is 65.2 Å². The zero-order chi connectivity index (χ0) is 20.5. The molecule has 0 atom stereocenters. The Hall–Kier alpha value is -2.35. The van der Waals surface area contributed by atoms with Crippen LogP contribution in [0.1, 0.15) is 69.7 Å². The molecule has 2 aromatic carbocycles. The van der Waals surface area contributed by atoms with E-state index in [0.29, 0.717) is 6.61 Å². The van der Waals surface area contributed by atoms with Gasteiger partial charge in [0, 0.05) is 6.08 Å². The lowest BCUT2D eigenvalue weighted by atomic mass is 9.62. The zero-order valence-electron chi connectivity index (χ0n) is 18.1. The molecule has 0 unspecified atom stereocenters. The minimum absolute atomic E-state index is 0.189. The molecule has 0 amide bonds. The molecule has 0 aliphatic heterocycles. The van der Waals surface area contributed by atoms with E-state index in [-0.39, 0.29) is 16.8 Å². The summed E-state index contributed by atoms with van der Waals surface area (Å²) >= 11 is 0. The van der Waals surface area contributed by atoms with Crippen LogP contribution in [0.3, 0.4) is 0 Å². The second kappa shape index (κ2) is 7.58. The Morgan fingerprint density at radius 2 is 1.68 bits per heavy atom. The Bertz CT molecular complexity index is 916. The average Bonchev–Trinajstić information content (AvgIpc) is 2.64. The quantitative estimate of drug-likeness (QED) is 0.444. The van der Waals surface area contributed by atoms with Crippen LogP contribution in [-0.2, 0) is 20.4 Å². The first-order valence-electron chi connectivity index (χ1n) is 10.2. The van der Waals surface area contributed by atoms with Gasteiger partial charge in [0.15, 0.2) is 0 Å². The van der Waals surface area contributed by atoms with Gasteiger partial charge in [-0.1, -0.05) is 58.0 Å². The number of hydrogen-bond acceptors (Lipinski definition) is 2. The maximum Gasteiger partial charge on any atom is 0.330 e. The molecule has 0 bridgehead atoms. The third kappa shape index (κ3) is 4.06. The number of aryl methyl sites for hydroxylation is 1. The smallest absolute Gasteiger partial charge is 0.330 e. The van der Waals surface area contributed by atoms with E-state index >= 15 is 0 Å². The fourth-order valence-corrected chi connectivity index (χ4v) is 4.20. The molecule has 0 aromatic heterocycles. The van der Waals surface area contributed by atoms with Crippen LogP contribution in [0.2, 0.25) is 0 Å². The van der Waals surface area contributed by atoms with Crippen molar-refractivity contribution < 1.29 is 9.53 Å². The molecular formula is C26H32O2. The molecule has 2 heteroatoms. The van der Waals surface area contributed by atoms with Crippen LogP contribution in [0.25, 0.3) is 17.2 Å². The molecule has 0 saturated heterocycles. The Kier molecular flexibility index (Phi) is 5.52. The number of rotatable bonds is 4. The SMILES string of the molecule is CCOC(=O)/C=C/c1cccc(-c2cc3c(cc2C)C(C)(C)CCC3(C)C)c1. The number of ether oxygens (including phenoxy) is 1. The van der Waals surface area contributed by atoms with Crippen LogP contribution in [0.5, 0.6) is 0 Å². The lowest BCUT2D eigenvalue weighted by molar-refractivity contribution is -0.137. The van der Waals surface area contributed by atoms with E-state index < -0.39 is 0 Å².